The molecule has 0 radical (unpaired) electrons. The van der Waals surface area contributed by atoms with E-state index in [4.69, 9.17) is 0 Å². The molecule has 4 heteroatoms. The van der Waals surface area contributed by atoms with E-state index in [-0.39, 0.29) is 30.3 Å². The Labute approximate surface area is 108 Å². The molecule has 1 aliphatic heterocycles. The zero-order chi connectivity index (χ0) is 13.3. The van der Waals surface area contributed by atoms with Gasteiger partial charge in [-0.05, 0) is 25.7 Å². The van der Waals surface area contributed by atoms with Crippen molar-refractivity contribution in [3.8, 4) is 0 Å². The number of likely N-dealkylation sites (tertiary alicyclic amines) is 1. The molecule has 0 aromatic heterocycles. The monoisotopic (exact) mass is 251 g/mol. The molecule has 1 fully saturated rings. The van der Waals surface area contributed by atoms with E-state index in [0.29, 0.717) is 25.7 Å². The van der Waals surface area contributed by atoms with Crippen LogP contribution in [0.5, 0.6) is 0 Å². The summed E-state index contributed by atoms with van der Waals surface area (Å²) in [7, 11) is 0. The van der Waals surface area contributed by atoms with Gasteiger partial charge in [0.05, 0.1) is 24.0 Å². The van der Waals surface area contributed by atoms with Gasteiger partial charge in [-0.2, -0.15) is 0 Å². The van der Waals surface area contributed by atoms with Crippen LogP contribution < -0.4 is 0 Å². The van der Waals surface area contributed by atoms with Gasteiger partial charge in [-0.3, -0.25) is 14.5 Å². The number of carbonyl (C=O) groups is 2. The van der Waals surface area contributed by atoms with Crippen molar-refractivity contribution in [3.63, 3.8) is 0 Å². The average Bonchev–Trinajstić information content (AvgIpc) is 2.67. The lowest BCUT2D eigenvalue weighted by molar-refractivity contribution is -0.150. The summed E-state index contributed by atoms with van der Waals surface area (Å²) in [6.07, 6.45) is 6.47. The van der Waals surface area contributed by atoms with E-state index in [1.807, 2.05) is 26.0 Å². The van der Waals surface area contributed by atoms with Crippen molar-refractivity contribution in [1.82, 2.24) is 4.90 Å². The smallest absolute Gasteiger partial charge is 0.234 e. The first kappa shape index (κ1) is 13.3. The van der Waals surface area contributed by atoms with Gasteiger partial charge >= 0.3 is 0 Å². The van der Waals surface area contributed by atoms with Gasteiger partial charge in [0.15, 0.2) is 0 Å². The predicted octanol–water partition coefficient (Wildman–Crippen LogP) is 1.49. The summed E-state index contributed by atoms with van der Waals surface area (Å²) in [4.78, 5) is 26.2. The normalized spacial score (nSPS) is 27.8. The van der Waals surface area contributed by atoms with Crippen LogP contribution in [0.15, 0.2) is 12.2 Å². The Balaban J connectivity index is 2.35. The van der Waals surface area contributed by atoms with E-state index in [9.17, 15) is 14.7 Å². The van der Waals surface area contributed by atoms with E-state index in [1.54, 1.807) is 0 Å². The fourth-order valence-corrected chi connectivity index (χ4v) is 3.13. The lowest BCUT2D eigenvalue weighted by Crippen LogP contribution is -2.54. The molecule has 2 aliphatic rings. The minimum atomic E-state index is -0.703. The molecular weight excluding hydrogens is 230 g/mol. The van der Waals surface area contributed by atoms with Crippen molar-refractivity contribution < 1.29 is 14.7 Å². The zero-order valence-corrected chi connectivity index (χ0v) is 11.1. The average molecular weight is 251 g/mol. The highest BCUT2D eigenvalue weighted by atomic mass is 16.3. The number of fused-ring (bicyclic) bond motifs is 1. The van der Waals surface area contributed by atoms with Crippen LogP contribution >= 0.6 is 0 Å². The van der Waals surface area contributed by atoms with Crippen LogP contribution in [0, 0.1) is 11.8 Å². The van der Waals surface area contributed by atoms with Gasteiger partial charge in [-0.15, -0.1) is 0 Å². The van der Waals surface area contributed by atoms with Crippen molar-refractivity contribution in [1.29, 1.82) is 0 Å². The quantitative estimate of drug-likeness (QED) is 0.608. The Morgan fingerprint density at radius 1 is 1.17 bits per heavy atom. The van der Waals surface area contributed by atoms with Gasteiger partial charge < -0.3 is 5.11 Å². The van der Waals surface area contributed by atoms with Crippen LogP contribution in [-0.4, -0.2) is 34.0 Å². The maximum absolute atomic E-state index is 12.4. The van der Waals surface area contributed by atoms with Gasteiger partial charge in [0.2, 0.25) is 11.8 Å². The Kier molecular flexibility index (Phi) is 3.57. The highest BCUT2D eigenvalue weighted by molar-refractivity contribution is 6.06. The van der Waals surface area contributed by atoms with Gasteiger partial charge in [-0.25, -0.2) is 0 Å². The first-order valence-electron chi connectivity index (χ1n) is 6.75. The van der Waals surface area contributed by atoms with E-state index in [2.05, 4.69) is 0 Å². The molecule has 100 valence electrons. The maximum atomic E-state index is 12.4. The SMILES string of the molecule is CCC(CC)(CO)N1C(=O)[C@H]2CC=CC[C@H]2C1=O. The minimum absolute atomic E-state index is 0.0906. The van der Waals surface area contributed by atoms with Gasteiger partial charge in [0.25, 0.3) is 0 Å². The number of imide groups is 1. The van der Waals surface area contributed by atoms with Gasteiger partial charge in [0, 0.05) is 0 Å². The Morgan fingerprint density at radius 2 is 1.61 bits per heavy atom. The van der Waals surface area contributed by atoms with E-state index in [1.165, 1.54) is 4.90 Å². The van der Waals surface area contributed by atoms with Crippen LogP contribution in [0.1, 0.15) is 39.5 Å². The summed E-state index contributed by atoms with van der Waals surface area (Å²) < 4.78 is 0. The summed E-state index contributed by atoms with van der Waals surface area (Å²) >= 11 is 0. The molecule has 0 aromatic carbocycles. The second kappa shape index (κ2) is 4.84. The molecule has 1 N–H and O–H groups in total. The zero-order valence-electron chi connectivity index (χ0n) is 11.1. The molecule has 18 heavy (non-hydrogen) atoms. The Bertz CT molecular complexity index is 350. The third-order valence-corrected chi connectivity index (χ3v) is 4.59. The lowest BCUT2D eigenvalue weighted by Gasteiger charge is -2.38. The van der Waals surface area contributed by atoms with Crippen molar-refractivity contribution in [2.45, 2.75) is 45.1 Å². The molecule has 0 unspecified atom stereocenters. The van der Waals surface area contributed by atoms with Gasteiger partial charge in [-0.1, -0.05) is 26.0 Å². The summed E-state index contributed by atoms with van der Waals surface area (Å²) in [6, 6.07) is 0. The number of hydrogen-bond donors (Lipinski definition) is 1. The van der Waals surface area contributed by atoms with Crippen molar-refractivity contribution in [2.75, 3.05) is 6.61 Å². The van der Waals surface area contributed by atoms with Crippen LogP contribution in [0.3, 0.4) is 0 Å². The van der Waals surface area contributed by atoms with Crippen molar-refractivity contribution in [3.05, 3.63) is 12.2 Å². The van der Waals surface area contributed by atoms with Crippen LogP contribution in [0.25, 0.3) is 0 Å². The standard InChI is InChI=1S/C14H21NO3/c1-3-14(4-2,9-16)15-12(17)10-7-5-6-8-11(10)13(15)18/h5-6,10-11,16H,3-4,7-9H2,1-2H3/t10-,11+. The van der Waals surface area contributed by atoms with E-state index in [0.717, 1.165) is 0 Å². The Morgan fingerprint density at radius 3 is 1.94 bits per heavy atom. The van der Waals surface area contributed by atoms with Crippen molar-refractivity contribution in [2.24, 2.45) is 11.8 Å². The summed E-state index contributed by atoms with van der Waals surface area (Å²) in [5.41, 5.74) is -0.703. The van der Waals surface area contributed by atoms with Crippen LogP contribution in [-0.2, 0) is 9.59 Å². The summed E-state index contributed by atoms with van der Waals surface area (Å²) in [5.74, 6) is -0.586. The van der Waals surface area contributed by atoms with Crippen molar-refractivity contribution >= 4 is 11.8 Å². The van der Waals surface area contributed by atoms with E-state index < -0.39 is 5.54 Å². The lowest BCUT2D eigenvalue weighted by atomic mass is 9.85. The number of hydrogen-bond acceptors (Lipinski definition) is 3. The minimum Gasteiger partial charge on any atom is -0.394 e. The second-order valence-corrected chi connectivity index (χ2v) is 5.26. The third kappa shape index (κ3) is 1.70. The third-order valence-electron chi connectivity index (χ3n) is 4.59. The summed E-state index contributed by atoms with van der Waals surface area (Å²) in [6.45, 7) is 3.69. The van der Waals surface area contributed by atoms with E-state index >= 15 is 0 Å². The fourth-order valence-electron chi connectivity index (χ4n) is 3.13. The molecule has 4 nitrogen and oxygen atoms in total. The number of rotatable bonds is 4. The molecule has 0 spiro atoms. The molecule has 2 atom stereocenters. The molecule has 1 heterocycles. The number of allylic oxidation sites excluding steroid dienone is 2. The molecule has 1 saturated heterocycles. The second-order valence-electron chi connectivity index (χ2n) is 5.26. The highest BCUT2D eigenvalue weighted by Crippen LogP contribution is 2.40. The molecule has 2 rings (SSSR count). The summed E-state index contributed by atoms with van der Waals surface area (Å²) in [5, 5.41) is 9.64. The largest absolute Gasteiger partial charge is 0.394 e. The highest BCUT2D eigenvalue weighted by Gasteiger charge is 2.53. The first-order valence-corrected chi connectivity index (χ1v) is 6.75. The number of amides is 2. The molecular formula is C14H21NO3. The van der Waals surface area contributed by atoms with Crippen LogP contribution in [0.4, 0.5) is 0 Å². The van der Waals surface area contributed by atoms with Crippen LogP contribution in [0.2, 0.25) is 0 Å². The molecule has 0 saturated carbocycles. The fraction of sp³-hybridized carbons (Fsp3) is 0.714. The molecule has 1 aliphatic carbocycles. The maximum Gasteiger partial charge on any atom is 0.234 e. The number of aliphatic hydroxyl groups is 1. The molecule has 2 amide bonds. The van der Waals surface area contributed by atoms with Gasteiger partial charge in [0.1, 0.15) is 0 Å². The first-order chi connectivity index (χ1) is 8.61. The number of nitrogens with zero attached hydrogens (tertiary/aromatic N) is 1. The predicted molar refractivity (Wildman–Crippen MR) is 67.6 cm³/mol. The Hall–Kier alpha value is -1.16. The topological polar surface area (TPSA) is 57.6 Å². The molecule has 0 aromatic rings. The molecule has 0 bridgehead atoms. The number of aliphatic hydroxyl groups excluding tert-OH is 1. The number of carbonyl (C=O) groups excluding carboxylic acids is 2.